The highest BCUT2D eigenvalue weighted by Crippen LogP contribution is 2.29. The van der Waals surface area contributed by atoms with Crippen molar-refractivity contribution < 1.29 is 13.6 Å². The van der Waals surface area contributed by atoms with Gasteiger partial charge in [-0.3, -0.25) is 4.79 Å². The van der Waals surface area contributed by atoms with Gasteiger partial charge in [-0.1, -0.05) is 0 Å². The average Bonchev–Trinajstić information content (AvgIpc) is 2.01. The summed E-state index contributed by atoms with van der Waals surface area (Å²) in [6.07, 6.45) is -2.82. The maximum Gasteiger partial charge on any atom is 0.264 e. The average molecular weight is 285 g/mol. The first-order valence-corrected chi connectivity index (χ1v) is 4.54. The summed E-state index contributed by atoms with van der Waals surface area (Å²) < 4.78 is 25.0. The Kier molecular flexibility index (Phi) is 3.38. The number of rotatable bonds is 2. The molecule has 1 rings (SSSR count). The predicted molar refractivity (Wildman–Crippen MR) is 51.5 cm³/mol. The van der Waals surface area contributed by atoms with Gasteiger partial charge in [0.25, 0.3) is 11.7 Å². The van der Waals surface area contributed by atoms with E-state index in [0.29, 0.717) is 0 Å². The summed E-state index contributed by atoms with van der Waals surface area (Å²) in [6, 6.07) is 1.01. The molecule has 1 aromatic rings. The van der Waals surface area contributed by atoms with Gasteiger partial charge in [-0.05, 0) is 33.6 Å². The predicted octanol–water partition coefficient (Wildman–Crippen LogP) is 2.74. The summed E-state index contributed by atoms with van der Waals surface area (Å²) >= 11 is 7.99. The summed E-state index contributed by atoms with van der Waals surface area (Å²) in [5.74, 6) is -0.310. The minimum atomic E-state index is -2.82. The third kappa shape index (κ3) is 2.19. The van der Waals surface area contributed by atoms with Crippen LogP contribution in [0.15, 0.2) is 10.7 Å². The molecule has 0 unspecified atom stereocenters. The van der Waals surface area contributed by atoms with Crippen molar-refractivity contribution in [3.05, 3.63) is 21.8 Å². The molecule has 14 heavy (non-hydrogen) atoms. The zero-order valence-electron chi connectivity index (χ0n) is 6.60. The quantitative estimate of drug-likeness (QED) is 0.671. The van der Waals surface area contributed by atoms with Gasteiger partial charge in [-0.25, -0.2) is 13.8 Å². The fraction of sp³-hybridized carbons (Fsp3) is 0.143. The van der Waals surface area contributed by atoms with Crippen molar-refractivity contribution in [2.45, 2.75) is 6.43 Å². The Morgan fingerprint density at radius 1 is 1.64 bits per heavy atom. The second kappa shape index (κ2) is 4.18. The normalized spacial score (nSPS) is 10.6. The van der Waals surface area contributed by atoms with Crippen LogP contribution in [0.2, 0.25) is 0 Å². The lowest BCUT2D eigenvalue weighted by Crippen LogP contribution is -2.06. The Bertz CT molecular complexity index is 386. The fourth-order valence-electron chi connectivity index (χ4n) is 0.938. The molecule has 0 aliphatic rings. The molecule has 0 saturated heterocycles. The molecule has 0 radical (unpaired) electrons. The highest BCUT2D eigenvalue weighted by atomic mass is 79.9. The lowest BCUT2D eigenvalue weighted by Gasteiger charge is -2.07. The molecule has 0 amide bonds. The standard InChI is InChI=1S/C7H4BrClF2N2O/c8-3-1-2(6(10)11)4(5(9)14)7(12)13-3/h1,6H,(H2,12,13). The van der Waals surface area contributed by atoms with E-state index >= 15 is 0 Å². The van der Waals surface area contributed by atoms with Crippen LogP contribution in [0.3, 0.4) is 0 Å². The van der Waals surface area contributed by atoms with Gasteiger partial charge in [0.15, 0.2) is 0 Å². The summed E-state index contributed by atoms with van der Waals surface area (Å²) in [6.45, 7) is 0. The number of carbonyl (C=O) groups is 1. The van der Waals surface area contributed by atoms with Crippen molar-refractivity contribution in [3.63, 3.8) is 0 Å². The molecule has 0 saturated carbocycles. The van der Waals surface area contributed by atoms with Gasteiger partial charge in [-0.15, -0.1) is 0 Å². The molecule has 2 N–H and O–H groups in total. The minimum Gasteiger partial charge on any atom is -0.383 e. The maximum atomic E-state index is 12.4. The summed E-state index contributed by atoms with van der Waals surface area (Å²) in [5.41, 5.74) is 4.32. The lowest BCUT2D eigenvalue weighted by atomic mass is 10.1. The van der Waals surface area contributed by atoms with E-state index in [1.807, 2.05) is 0 Å². The molecule has 1 aromatic heterocycles. The Labute approximate surface area is 91.4 Å². The van der Waals surface area contributed by atoms with E-state index in [4.69, 9.17) is 17.3 Å². The third-order valence-corrected chi connectivity index (χ3v) is 2.07. The van der Waals surface area contributed by atoms with Gasteiger partial charge in [0.2, 0.25) is 0 Å². The first kappa shape index (κ1) is 11.3. The summed E-state index contributed by atoms with van der Waals surface area (Å²) in [4.78, 5) is 14.4. The number of hydrogen-bond donors (Lipinski definition) is 1. The van der Waals surface area contributed by atoms with Crippen molar-refractivity contribution in [2.24, 2.45) is 0 Å². The van der Waals surface area contributed by atoms with E-state index in [1.165, 1.54) is 0 Å². The van der Waals surface area contributed by atoms with Gasteiger partial charge in [-0.2, -0.15) is 0 Å². The lowest BCUT2D eigenvalue weighted by molar-refractivity contribution is 0.106. The van der Waals surface area contributed by atoms with Crippen LogP contribution in [-0.2, 0) is 0 Å². The van der Waals surface area contributed by atoms with Crippen molar-refractivity contribution in [2.75, 3.05) is 5.73 Å². The Hall–Kier alpha value is -0.750. The van der Waals surface area contributed by atoms with E-state index in [1.54, 1.807) is 0 Å². The number of aromatic nitrogens is 1. The Morgan fingerprint density at radius 3 is 2.64 bits per heavy atom. The van der Waals surface area contributed by atoms with Crippen LogP contribution in [0.5, 0.6) is 0 Å². The van der Waals surface area contributed by atoms with Crippen LogP contribution in [0.1, 0.15) is 22.3 Å². The summed E-state index contributed by atoms with van der Waals surface area (Å²) in [7, 11) is 0. The molecule has 0 aromatic carbocycles. The number of carbonyl (C=O) groups excluding carboxylic acids is 1. The van der Waals surface area contributed by atoms with Crippen molar-refractivity contribution >= 4 is 38.6 Å². The van der Waals surface area contributed by atoms with Gasteiger partial charge < -0.3 is 5.73 Å². The van der Waals surface area contributed by atoms with E-state index < -0.39 is 22.8 Å². The molecule has 76 valence electrons. The van der Waals surface area contributed by atoms with Crippen molar-refractivity contribution in [1.82, 2.24) is 4.98 Å². The second-order valence-electron chi connectivity index (χ2n) is 2.37. The zero-order valence-corrected chi connectivity index (χ0v) is 8.94. The Balaban J connectivity index is 3.44. The molecule has 0 bridgehead atoms. The van der Waals surface area contributed by atoms with Crippen LogP contribution < -0.4 is 5.73 Å². The second-order valence-corrected chi connectivity index (χ2v) is 3.52. The maximum absolute atomic E-state index is 12.4. The molecule has 0 atom stereocenters. The molecule has 1 heterocycles. The number of alkyl halides is 2. The van der Waals surface area contributed by atoms with Gasteiger partial charge in [0.05, 0.1) is 5.56 Å². The van der Waals surface area contributed by atoms with E-state index in [0.717, 1.165) is 6.07 Å². The summed E-state index contributed by atoms with van der Waals surface area (Å²) in [5, 5.41) is -1.04. The zero-order chi connectivity index (χ0) is 10.9. The SMILES string of the molecule is Nc1nc(Br)cc(C(F)F)c1C(=O)Cl. The molecular weight excluding hydrogens is 281 g/mol. The van der Waals surface area contributed by atoms with Crippen LogP contribution in [0.25, 0.3) is 0 Å². The molecule has 0 spiro atoms. The van der Waals surface area contributed by atoms with E-state index in [9.17, 15) is 13.6 Å². The first-order chi connectivity index (χ1) is 6.43. The van der Waals surface area contributed by atoms with Crippen LogP contribution >= 0.6 is 27.5 Å². The number of pyridine rings is 1. The fourth-order valence-corrected chi connectivity index (χ4v) is 1.58. The molecule has 7 heteroatoms. The molecular formula is C7H4BrClF2N2O. The van der Waals surface area contributed by atoms with E-state index in [-0.39, 0.29) is 10.4 Å². The molecule has 0 aliphatic carbocycles. The highest BCUT2D eigenvalue weighted by molar-refractivity contribution is 9.10. The topological polar surface area (TPSA) is 56.0 Å². The largest absolute Gasteiger partial charge is 0.383 e. The number of nitrogens with zero attached hydrogens (tertiary/aromatic N) is 1. The van der Waals surface area contributed by atoms with Crippen molar-refractivity contribution in [1.29, 1.82) is 0 Å². The Morgan fingerprint density at radius 2 is 2.21 bits per heavy atom. The molecule has 3 nitrogen and oxygen atoms in total. The molecule has 0 aliphatic heterocycles. The monoisotopic (exact) mass is 284 g/mol. The number of halogens is 4. The first-order valence-electron chi connectivity index (χ1n) is 3.37. The molecule has 0 fully saturated rings. The number of nitrogen functional groups attached to an aromatic ring is 1. The minimum absolute atomic E-state index is 0.131. The van der Waals surface area contributed by atoms with Gasteiger partial charge in [0, 0.05) is 5.56 Å². The van der Waals surface area contributed by atoms with Crippen LogP contribution in [-0.4, -0.2) is 10.2 Å². The smallest absolute Gasteiger partial charge is 0.264 e. The van der Waals surface area contributed by atoms with Gasteiger partial charge in [0.1, 0.15) is 10.4 Å². The third-order valence-electron chi connectivity index (χ3n) is 1.48. The number of hydrogen-bond acceptors (Lipinski definition) is 3. The van der Waals surface area contributed by atoms with E-state index in [2.05, 4.69) is 20.9 Å². The van der Waals surface area contributed by atoms with Crippen LogP contribution in [0.4, 0.5) is 14.6 Å². The number of anilines is 1. The van der Waals surface area contributed by atoms with Gasteiger partial charge >= 0.3 is 0 Å². The van der Waals surface area contributed by atoms with Crippen LogP contribution in [0, 0.1) is 0 Å². The highest BCUT2D eigenvalue weighted by Gasteiger charge is 2.21. The van der Waals surface area contributed by atoms with Crippen molar-refractivity contribution in [3.8, 4) is 0 Å². The number of nitrogens with two attached hydrogens (primary N) is 1.